The van der Waals surface area contributed by atoms with Crippen molar-refractivity contribution in [2.24, 2.45) is 5.92 Å². The first-order chi connectivity index (χ1) is 8.10. The van der Waals surface area contributed by atoms with Gasteiger partial charge in [0.25, 0.3) is 0 Å². The van der Waals surface area contributed by atoms with Gasteiger partial charge in [-0.05, 0) is 32.6 Å². The van der Waals surface area contributed by atoms with Gasteiger partial charge in [0.1, 0.15) is 0 Å². The van der Waals surface area contributed by atoms with Crippen molar-refractivity contribution >= 4 is 5.97 Å². The van der Waals surface area contributed by atoms with Gasteiger partial charge < -0.3 is 14.3 Å². The number of aromatic nitrogens is 1. The maximum atomic E-state index is 10.8. The number of carbonyl (C=O) groups is 1. The second kappa shape index (κ2) is 4.87. The molecule has 0 radical (unpaired) electrons. The summed E-state index contributed by atoms with van der Waals surface area (Å²) in [6.45, 7) is 4.39. The van der Waals surface area contributed by atoms with Gasteiger partial charge in [0.15, 0.2) is 5.89 Å². The highest BCUT2D eigenvalue weighted by Crippen LogP contribution is 2.32. The summed E-state index contributed by atoms with van der Waals surface area (Å²) < 4.78 is 10.7. The van der Waals surface area contributed by atoms with Crippen molar-refractivity contribution in [1.29, 1.82) is 0 Å². The Balaban J connectivity index is 1.88. The van der Waals surface area contributed by atoms with Crippen LogP contribution in [-0.4, -0.2) is 28.8 Å². The molecule has 0 amide bonds. The summed E-state index contributed by atoms with van der Waals surface area (Å²) >= 11 is 0. The number of carboxylic acids is 1. The second-order valence-electron chi connectivity index (χ2n) is 4.45. The molecule has 0 saturated heterocycles. The van der Waals surface area contributed by atoms with Crippen molar-refractivity contribution in [3.8, 4) is 0 Å². The van der Waals surface area contributed by atoms with Gasteiger partial charge in [0.05, 0.1) is 11.8 Å². The molecule has 17 heavy (non-hydrogen) atoms. The predicted molar refractivity (Wildman–Crippen MR) is 60.0 cm³/mol. The standard InChI is InChI=1S/C12H17NO4/c1-3-16-9-4-8(5-9)6-10-13-7(2)11(17-10)12(14)15/h8-9H,3-6H2,1-2H3,(H,14,15). The Morgan fingerprint density at radius 3 is 2.82 bits per heavy atom. The molecular weight excluding hydrogens is 222 g/mol. The highest BCUT2D eigenvalue weighted by Gasteiger charge is 2.31. The maximum Gasteiger partial charge on any atom is 0.373 e. The fourth-order valence-corrected chi connectivity index (χ4v) is 2.20. The van der Waals surface area contributed by atoms with E-state index in [4.69, 9.17) is 14.3 Å². The quantitative estimate of drug-likeness (QED) is 0.851. The van der Waals surface area contributed by atoms with Crippen LogP contribution in [0.5, 0.6) is 0 Å². The third kappa shape index (κ3) is 2.66. The largest absolute Gasteiger partial charge is 0.475 e. The van der Waals surface area contributed by atoms with Crippen LogP contribution in [0.15, 0.2) is 4.42 Å². The lowest BCUT2D eigenvalue weighted by Gasteiger charge is -2.34. The molecule has 1 fully saturated rings. The molecule has 2 rings (SSSR count). The van der Waals surface area contributed by atoms with E-state index in [9.17, 15) is 4.79 Å². The molecule has 5 heteroatoms. The zero-order chi connectivity index (χ0) is 12.4. The lowest BCUT2D eigenvalue weighted by atomic mass is 9.80. The Morgan fingerprint density at radius 2 is 2.29 bits per heavy atom. The number of aromatic carboxylic acids is 1. The minimum absolute atomic E-state index is 0.0410. The molecule has 1 N–H and O–H groups in total. The van der Waals surface area contributed by atoms with Crippen LogP contribution in [0, 0.1) is 12.8 Å². The summed E-state index contributed by atoms with van der Waals surface area (Å²) in [6, 6.07) is 0. The van der Waals surface area contributed by atoms with Gasteiger partial charge in [-0.1, -0.05) is 0 Å². The Hall–Kier alpha value is -1.36. The summed E-state index contributed by atoms with van der Waals surface area (Å²) in [6.07, 6.45) is 3.09. The topological polar surface area (TPSA) is 72.6 Å². The van der Waals surface area contributed by atoms with E-state index >= 15 is 0 Å². The first-order valence-electron chi connectivity index (χ1n) is 5.91. The van der Waals surface area contributed by atoms with Crippen molar-refractivity contribution < 1.29 is 19.1 Å². The van der Waals surface area contributed by atoms with Crippen LogP contribution in [0.1, 0.15) is 41.9 Å². The molecule has 0 bridgehead atoms. The number of nitrogens with zero attached hydrogens (tertiary/aromatic N) is 1. The van der Waals surface area contributed by atoms with E-state index in [1.165, 1.54) is 0 Å². The summed E-state index contributed by atoms with van der Waals surface area (Å²) in [5, 5.41) is 8.84. The molecular formula is C12H17NO4. The number of hydrogen-bond donors (Lipinski definition) is 1. The average molecular weight is 239 g/mol. The lowest BCUT2D eigenvalue weighted by molar-refractivity contribution is -0.0256. The highest BCUT2D eigenvalue weighted by atomic mass is 16.5. The fourth-order valence-electron chi connectivity index (χ4n) is 2.20. The number of hydrogen-bond acceptors (Lipinski definition) is 4. The van der Waals surface area contributed by atoms with Gasteiger partial charge in [-0.2, -0.15) is 0 Å². The Morgan fingerprint density at radius 1 is 1.59 bits per heavy atom. The summed E-state index contributed by atoms with van der Waals surface area (Å²) in [7, 11) is 0. The van der Waals surface area contributed by atoms with Crippen LogP contribution < -0.4 is 0 Å². The molecule has 1 aromatic heterocycles. The van der Waals surface area contributed by atoms with Crippen LogP contribution in [0.2, 0.25) is 0 Å². The first kappa shape index (κ1) is 12.1. The fraction of sp³-hybridized carbons (Fsp3) is 0.667. The number of rotatable bonds is 5. The normalized spacial score (nSPS) is 23.4. The van der Waals surface area contributed by atoms with Crippen molar-refractivity contribution in [3.05, 3.63) is 17.3 Å². The smallest absolute Gasteiger partial charge is 0.373 e. The van der Waals surface area contributed by atoms with Gasteiger partial charge in [-0.3, -0.25) is 0 Å². The molecule has 94 valence electrons. The van der Waals surface area contributed by atoms with Crippen LogP contribution in [0.4, 0.5) is 0 Å². The van der Waals surface area contributed by atoms with Crippen molar-refractivity contribution in [2.45, 2.75) is 39.2 Å². The highest BCUT2D eigenvalue weighted by molar-refractivity contribution is 5.85. The molecule has 1 aliphatic rings. The molecule has 0 aliphatic heterocycles. The molecule has 0 unspecified atom stereocenters. The van der Waals surface area contributed by atoms with E-state index < -0.39 is 5.97 Å². The minimum atomic E-state index is -1.05. The summed E-state index contributed by atoms with van der Waals surface area (Å²) in [5.74, 6) is -0.0613. The molecule has 1 aromatic rings. The molecule has 0 atom stereocenters. The molecule has 1 saturated carbocycles. The molecule has 1 aliphatic carbocycles. The lowest BCUT2D eigenvalue weighted by Crippen LogP contribution is -2.32. The van der Waals surface area contributed by atoms with Crippen molar-refractivity contribution in [3.63, 3.8) is 0 Å². The van der Waals surface area contributed by atoms with Crippen LogP contribution >= 0.6 is 0 Å². The third-order valence-electron chi connectivity index (χ3n) is 3.09. The van der Waals surface area contributed by atoms with E-state index in [-0.39, 0.29) is 5.76 Å². The maximum absolute atomic E-state index is 10.8. The van der Waals surface area contributed by atoms with Crippen LogP contribution in [-0.2, 0) is 11.2 Å². The zero-order valence-corrected chi connectivity index (χ0v) is 10.1. The van der Waals surface area contributed by atoms with Gasteiger partial charge in [0.2, 0.25) is 5.76 Å². The van der Waals surface area contributed by atoms with E-state index in [0.29, 0.717) is 30.0 Å². The van der Waals surface area contributed by atoms with E-state index in [0.717, 1.165) is 19.4 Å². The number of carboxylic acid groups (broad SMARTS) is 1. The van der Waals surface area contributed by atoms with Gasteiger partial charge in [0, 0.05) is 13.0 Å². The van der Waals surface area contributed by atoms with Crippen LogP contribution in [0.3, 0.4) is 0 Å². The molecule has 5 nitrogen and oxygen atoms in total. The zero-order valence-electron chi connectivity index (χ0n) is 10.1. The van der Waals surface area contributed by atoms with Gasteiger partial charge >= 0.3 is 5.97 Å². The molecule has 0 spiro atoms. The van der Waals surface area contributed by atoms with Gasteiger partial charge in [-0.15, -0.1) is 0 Å². The van der Waals surface area contributed by atoms with Crippen LogP contribution in [0.25, 0.3) is 0 Å². The average Bonchev–Trinajstić information content (AvgIpc) is 2.56. The number of ether oxygens (including phenoxy) is 1. The van der Waals surface area contributed by atoms with E-state index in [1.54, 1.807) is 6.92 Å². The van der Waals surface area contributed by atoms with E-state index in [2.05, 4.69) is 4.98 Å². The monoisotopic (exact) mass is 239 g/mol. The first-order valence-corrected chi connectivity index (χ1v) is 5.91. The summed E-state index contributed by atoms with van der Waals surface area (Å²) in [5.41, 5.74) is 0.452. The summed E-state index contributed by atoms with van der Waals surface area (Å²) in [4.78, 5) is 14.9. The Bertz CT molecular complexity index is 407. The van der Waals surface area contributed by atoms with Gasteiger partial charge in [-0.25, -0.2) is 9.78 Å². The SMILES string of the molecule is CCOC1CC(Cc2nc(C)c(C(=O)O)o2)C1. The molecule has 1 heterocycles. The number of aryl methyl sites for hydroxylation is 1. The predicted octanol–water partition coefficient (Wildman–Crippen LogP) is 2.04. The Labute approximate surface area is 99.8 Å². The Kier molecular flexibility index (Phi) is 3.47. The third-order valence-corrected chi connectivity index (χ3v) is 3.09. The minimum Gasteiger partial charge on any atom is -0.475 e. The number of oxazole rings is 1. The van der Waals surface area contributed by atoms with Crippen molar-refractivity contribution in [1.82, 2.24) is 4.98 Å². The van der Waals surface area contributed by atoms with Crippen molar-refractivity contribution in [2.75, 3.05) is 6.61 Å². The van der Waals surface area contributed by atoms with E-state index in [1.807, 2.05) is 6.92 Å². The molecule has 0 aromatic carbocycles. The second-order valence-corrected chi connectivity index (χ2v) is 4.45.